The minimum atomic E-state index is -1.02. The maximum Gasteiger partial charge on any atom is 0.378 e. The summed E-state index contributed by atoms with van der Waals surface area (Å²) in [6.45, 7) is 0. The van der Waals surface area contributed by atoms with Crippen molar-refractivity contribution in [2.75, 3.05) is 14.2 Å². The van der Waals surface area contributed by atoms with Crippen LogP contribution in [-0.4, -0.2) is 31.1 Å². The maximum absolute atomic E-state index is 11.1. The predicted octanol–water partition coefficient (Wildman–Crippen LogP) is 1.34. The van der Waals surface area contributed by atoms with Gasteiger partial charge in [0.1, 0.15) is 11.5 Å². The molecule has 0 bridgehead atoms. The second kappa shape index (κ2) is 5.69. The van der Waals surface area contributed by atoms with Crippen LogP contribution < -0.4 is 4.74 Å². The summed E-state index contributed by atoms with van der Waals surface area (Å²) in [6, 6.07) is 6.38. The van der Waals surface area contributed by atoms with Crippen LogP contribution in [0, 0.1) is 0 Å². The van der Waals surface area contributed by atoms with Gasteiger partial charge in [-0.3, -0.25) is 4.79 Å². The third-order valence-corrected chi connectivity index (χ3v) is 2.04. The Bertz CT molecular complexity index is 444. The summed E-state index contributed by atoms with van der Waals surface area (Å²) in [5.74, 6) is -1.62. The van der Waals surface area contributed by atoms with E-state index in [0.717, 1.165) is 13.2 Å². The molecule has 0 unspecified atom stereocenters. The topological polar surface area (TPSA) is 72.8 Å². The molecule has 0 saturated carbocycles. The molecule has 0 heterocycles. The molecule has 5 nitrogen and oxygen atoms in total. The number of hydrogen-bond donors (Lipinski definition) is 1. The number of ketones is 1. The van der Waals surface area contributed by atoms with Crippen LogP contribution in [0.2, 0.25) is 0 Å². The van der Waals surface area contributed by atoms with Gasteiger partial charge in [0.15, 0.2) is 0 Å². The van der Waals surface area contributed by atoms with Gasteiger partial charge in [-0.15, -0.1) is 0 Å². The van der Waals surface area contributed by atoms with Crippen LogP contribution in [0.1, 0.15) is 5.56 Å². The first-order chi connectivity index (χ1) is 8.08. The Hall–Kier alpha value is -2.30. The quantitative estimate of drug-likeness (QED) is 0.369. The van der Waals surface area contributed by atoms with E-state index in [2.05, 4.69) is 4.74 Å². The molecule has 0 aliphatic heterocycles. The Labute approximate surface area is 98.3 Å². The van der Waals surface area contributed by atoms with E-state index in [1.54, 1.807) is 24.3 Å². The zero-order valence-corrected chi connectivity index (χ0v) is 9.47. The lowest BCUT2D eigenvalue weighted by molar-refractivity contribution is -0.149. The van der Waals surface area contributed by atoms with Gasteiger partial charge in [0.2, 0.25) is 0 Å². The Kier molecular flexibility index (Phi) is 4.28. The average molecular weight is 236 g/mol. The summed E-state index contributed by atoms with van der Waals surface area (Å²) in [6.07, 6.45) is 0.813. The van der Waals surface area contributed by atoms with Crippen LogP contribution in [0.5, 0.6) is 5.75 Å². The molecule has 17 heavy (non-hydrogen) atoms. The fraction of sp³-hybridized carbons (Fsp3) is 0.167. The summed E-state index contributed by atoms with van der Waals surface area (Å²) in [7, 11) is 2.62. The number of esters is 1. The average Bonchev–Trinajstić information content (AvgIpc) is 2.37. The van der Waals surface area contributed by atoms with Crippen molar-refractivity contribution in [3.63, 3.8) is 0 Å². The second-order valence-corrected chi connectivity index (χ2v) is 3.11. The number of aliphatic hydroxyl groups is 1. The lowest BCUT2D eigenvalue weighted by Crippen LogP contribution is -2.13. The van der Waals surface area contributed by atoms with Crippen molar-refractivity contribution in [3.8, 4) is 5.75 Å². The van der Waals surface area contributed by atoms with Gasteiger partial charge in [-0.25, -0.2) is 4.79 Å². The highest BCUT2D eigenvalue weighted by molar-refractivity contribution is 6.39. The molecule has 0 aromatic heterocycles. The maximum atomic E-state index is 11.1. The van der Waals surface area contributed by atoms with Gasteiger partial charge in [0.05, 0.1) is 14.2 Å². The molecule has 0 aliphatic carbocycles. The molecule has 0 saturated heterocycles. The summed E-state index contributed by atoms with van der Waals surface area (Å²) >= 11 is 0. The van der Waals surface area contributed by atoms with Crippen molar-refractivity contribution in [1.82, 2.24) is 0 Å². The highest BCUT2D eigenvalue weighted by Crippen LogP contribution is 2.16. The van der Waals surface area contributed by atoms with E-state index in [0.29, 0.717) is 11.3 Å². The molecule has 0 fully saturated rings. The first-order valence-electron chi connectivity index (χ1n) is 4.76. The normalized spacial score (nSPS) is 10.8. The van der Waals surface area contributed by atoms with Crippen LogP contribution >= 0.6 is 0 Å². The zero-order chi connectivity index (χ0) is 12.8. The molecule has 0 radical (unpaired) electrons. The van der Waals surface area contributed by atoms with Gasteiger partial charge >= 0.3 is 5.97 Å². The lowest BCUT2D eigenvalue weighted by atomic mass is 10.1. The van der Waals surface area contributed by atoms with Crippen LogP contribution in [0.4, 0.5) is 0 Å². The largest absolute Gasteiger partial charge is 0.507 e. The molecule has 0 atom stereocenters. The first kappa shape index (κ1) is 12.8. The van der Waals surface area contributed by atoms with E-state index >= 15 is 0 Å². The van der Waals surface area contributed by atoms with Gasteiger partial charge in [-0.2, -0.15) is 0 Å². The number of ether oxygens (including phenoxy) is 2. The number of carbonyl (C=O) groups excluding carboxylic acids is 2. The van der Waals surface area contributed by atoms with Crippen LogP contribution in [0.3, 0.4) is 0 Å². The van der Waals surface area contributed by atoms with E-state index in [9.17, 15) is 14.7 Å². The van der Waals surface area contributed by atoms with Gasteiger partial charge < -0.3 is 14.6 Å². The number of aliphatic hydroxyl groups excluding tert-OH is 1. The monoisotopic (exact) mass is 236 g/mol. The highest BCUT2D eigenvalue weighted by atomic mass is 16.5. The molecule has 0 amide bonds. The molecule has 90 valence electrons. The standard InChI is InChI=1S/C12H12O5/c1-16-9-5-3-8(4-6-9)10(13)7-11(14)12(15)17-2/h3-7,13H,1-2H3/b10-7-. The minimum Gasteiger partial charge on any atom is -0.507 e. The van der Waals surface area contributed by atoms with Gasteiger partial charge in [0, 0.05) is 11.6 Å². The Morgan fingerprint density at radius 1 is 1.18 bits per heavy atom. The van der Waals surface area contributed by atoms with Gasteiger partial charge in [-0.1, -0.05) is 0 Å². The number of benzene rings is 1. The van der Waals surface area contributed by atoms with Crippen LogP contribution in [0.15, 0.2) is 30.3 Å². The molecular weight excluding hydrogens is 224 g/mol. The van der Waals surface area contributed by atoms with Crippen molar-refractivity contribution >= 4 is 17.5 Å². The summed E-state index contributed by atoms with van der Waals surface area (Å²) in [5, 5.41) is 9.59. The lowest BCUT2D eigenvalue weighted by Gasteiger charge is -2.02. The SMILES string of the molecule is COC(=O)C(=O)/C=C(\O)c1ccc(OC)cc1. The van der Waals surface area contributed by atoms with Gasteiger partial charge in [0.25, 0.3) is 5.78 Å². The predicted molar refractivity (Wildman–Crippen MR) is 60.6 cm³/mol. The van der Waals surface area contributed by atoms with E-state index < -0.39 is 11.8 Å². The Morgan fingerprint density at radius 2 is 1.76 bits per heavy atom. The molecule has 1 aromatic rings. The number of hydrogen-bond acceptors (Lipinski definition) is 5. The van der Waals surface area contributed by atoms with Crippen molar-refractivity contribution < 1.29 is 24.2 Å². The number of carbonyl (C=O) groups is 2. The summed E-state index contributed by atoms with van der Waals surface area (Å²) in [5.41, 5.74) is 0.406. The zero-order valence-electron chi connectivity index (χ0n) is 9.47. The molecule has 1 aromatic carbocycles. The number of methoxy groups -OCH3 is 2. The summed E-state index contributed by atoms with van der Waals surface area (Å²) in [4.78, 5) is 22.0. The van der Waals surface area contributed by atoms with Crippen LogP contribution in [0.25, 0.3) is 5.76 Å². The molecule has 1 N–H and O–H groups in total. The van der Waals surface area contributed by atoms with E-state index in [4.69, 9.17) is 4.74 Å². The first-order valence-corrected chi connectivity index (χ1v) is 4.76. The van der Waals surface area contributed by atoms with E-state index in [1.807, 2.05) is 0 Å². The molecule has 0 aliphatic rings. The van der Waals surface area contributed by atoms with Crippen molar-refractivity contribution in [2.45, 2.75) is 0 Å². The van der Waals surface area contributed by atoms with Crippen LogP contribution in [-0.2, 0) is 14.3 Å². The molecule has 1 rings (SSSR count). The third-order valence-electron chi connectivity index (χ3n) is 2.04. The van der Waals surface area contributed by atoms with Crippen molar-refractivity contribution in [2.24, 2.45) is 0 Å². The summed E-state index contributed by atoms with van der Waals surface area (Å²) < 4.78 is 9.16. The second-order valence-electron chi connectivity index (χ2n) is 3.11. The Balaban J connectivity index is 2.88. The highest BCUT2D eigenvalue weighted by Gasteiger charge is 2.12. The molecular formula is C12H12O5. The van der Waals surface area contributed by atoms with Crippen molar-refractivity contribution in [1.29, 1.82) is 0 Å². The van der Waals surface area contributed by atoms with Crippen molar-refractivity contribution in [3.05, 3.63) is 35.9 Å². The van der Waals surface area contributed by atoms with E-state index in [-0.39, 0.29) is 5.76 Å². The number of rotatable bonds is 4. The van der Waals surface area contributed by atoms with Gasteiger partial charge in [-0.05, 0) is 24.3 Å². The minimum absolute atomic E-state index is 0.303. The molecule has 5 heteroatoms. The molecule has 0 spiro atoms. The fourth-order valence-corrected chi connectivity index (χ4v) is 1.13. The third kappa shape index (κ3) is 3.34. The van der Waals surface area contributed by atoms with E-state index in [1.165, 1.54) is 7.11 Å². The smallest absolute Gasteiger partial charge is 0.378 e. The fourth-order valence-electron chi connectivity index (χ4n) is 1.13. The Morgan fingerprint density at radius 3 is 2.24 bits per heavy atom.